The third-order valence-electron chi connectivity index (χ3n) is 4.82. The molecule has 0 amide bonds. The van der Waals surface area contributed by atoms with E-state index in [4.69, 9.17) is 4.74 Å². The van der Waals surface area contributed by atoms with Crippen molar-refractivity contribution < 1.29 is 4.74 Å². The summed E-state index contributed by atoms with van der Waals surface area (Å²) >= 11 is 0. The van der Waals surface area contributed by atoms with Crippen molar-refractivity contribution in [2.75, 3.05) is 13.2 Å². The van der Waals surface area contributed by atoms with Crippen LogP contribution in [0.5, 0.6) is 0 Å². The van der Waals surface area contributed by atoms with Gasteiger partial charge in [-0.2, -0.15) is 0 Å². The van der Waals surface area contributed by atoms with Crippen LogP contribution in [0, 0.1) is 0 Å². The maximum Gasteiger partial charge on any atom is 0.110 e. The first kappa shape index (κ1) is 13.7. The van der Waals surface area contributed by atoms with Crippen LogP contribution in [0.15, 0.2) is 42.2 Å². The smallest absolute Gasteiger partial charge is 0.110 e. The van der Waals surface area contributed by atoms with E-state index < -0.39 is 0 Å². The van der Waals surface area contributed by atoms with Crippen molar-refractivity contribution in [2.24, 2.45) is 0 Å². The summed E-state index contributed by atoms with van der Waals surface area (Å²) in [5, 5.41) is 3.71. The molecular formula is C18H25NO. The molecule has 1 aromatic carbocycles. The molecule has 1 saturated carbocycles. The summed E-state index contributed by atoms with van der Waals surface area (Å²) in [4.78, 5) is 0. The van der Waals surface area contributed by atoms with Crippen LogP contribution >= 0.6 is 0 Å². The molecule has 2 nitrogen and oxygen atoms in total. The van der Waals surface area contributed by atoms with Crippen LogP contribution in [0.3, 0.4) is 0 Å². The molecule has 0 bridgehead atoms. The zero-order chi connectivity index (χ0) is 13.8. The Morgan fingerprint density at radius 2 is 1.95 bits per heavy atom. The first-order valence-corrected chi connectivity index (χ1v) is 7.98. The Bertz CT molecular complexity index is 460. The lowest BCUT2D eigenvalue weighted by Gasteiger charge is -2.39. The molecule has 2 aliphatic rings. The second kappa shape index (κ2) is 6.01. The third kappa shape index (κ3) is 2.37. The lowest BCUT2D eigenvalue weighted by atomic mass is 9.72. The molecular weight excluding hydrogens is 246 g/mol. The van der Waals surface area contributed by atoms with Gasteiger partial charge in [0.25, 0.3) is 0 Å². The average molecular weight is 271 g/mol. The van der Waals surface area contributed by atoms with Crippen molar-refractivity contribution in [3.63, 3.8) is 0 Å². The Balaban J connectivity index is 1.99. The molecule has 2 heteroatoms. The molecule has 1 atom stereocenters. The molecule has 1 aliphatic heterocycles. The first-order chi connectivity index (χ1) is 9.87. The van der Waals surface area contributed by atoms with E-state index in [1.807, 2.05) is 0 Å². The summed E-state index contributed by atoms with van der Waals surface area (Å²) < 4.78 is 5.93. The van der Waals surface area contributed by atoms with Gasteiger partial charge >= 0.3 is 0 Å². The summed E-state index contributed by atoms with van der Waals surface area (Å²) in [6, 6.07) is 11.4. The lowest BCUT2D eigenvalue weighted by Crippen LogP contribution is -2.48. The minimum absolute atomic E-state index is 0.216. The fourth-order valence-electron chi connectivity index (χ4n) is 3.93. The average Bonchev–Trinajstić information content (AvgIpc) is 3.18. The number of likely N-dealkylation sites (N-methyl/N-ethyl adjacent to an activating group) is 1. The molecule has 1 unspecified atom stereocenters. The monoisotopic (exact) mass is 271 g/mol. The number of rotatable bonds is 5. The summed E-state index contributed by atoms with van der Waals surface area (Å²) in [6.45, 7) is 4.03. The van der Waals surface area contributed by atoms with E-state index in [9.17, 15) is 0 Å². The standard InChI is InChI=1S/C18H25NO/c1-2-19-17(16-11-8-14-20-16)18(12-6-7-13-18)15-9-4-3-5-10-15/h3-5,9-11,17,19H,2,6-8,12-14H2,1H3. The predicted octanol–water partition coefficient (Wildman–Crippen LogP) is 3.78. The Morgan fingerprint density at radius 3 is 2.55 bits per heavy atom. The predicted molar refractivity (Wildman–Crippen MR) is 82.7 cm³/mol. The minimum Gasteiger partial charge on any atom is -0.496 e. The van der Waals surface area contributed by atoms with Gasteiger partial charge in [0.2, 0.25) is 0 Å². The van der Waals surface area contributed by atoms with Crippen LogP contribution in [-0.2, 0) is 10.2 Å². The lowest BCUT2D eigenvalue weighted by molar-refractivity contribution is 0.179. The highest BCUT2D eigenvalue weighted by molar-refractivity contribution is 5.33. The van der Waals surface area contributed by atoms with Crippen molar-refractivity contribution in [3.05, 3.63) is 47.7 Å². The maximum absolute atomic E-state index is 5.93. The Kier molecular flexibility index (Phi) is 4.11. The summed E-state index contributed by atoms with van der Waals surface area (Å²) in [5.74, 6) is 1.18. The number of nitrogens with one attached hydrogen (secondary N) is 1. The molecule has 1 heterocycles. The molecule has 0 aromatic heterocycles. The van der Waals surface area contributed by atoms with E-state index in [0.717, 1.165) is 19.6 Å². The van der Waals surface area contributed by atoms with Gasteiger partial charge in [0.1, 0.15) is 5.76 Å². The molecule has 1 aromatic rings. The van der Waals surface area contributed by atoms with Crippen LogP contribution in [0.25, 0.3) is 0 Å². The van der Waals surface area contributed by atoms with Crippen molar-refractivity contribution in [3.8, 4) is 0 Å². The first-order valence-electron chi connectivity index (χ1n) is 7.98. The number of hydrogen-bond acceptors (Lipinski definition) is 2. The molecule has 1 fully saturated rings. The van der Waals surface area contributed by atoms with Crippen LogP contribution in [0.1, 0.15) is 44.6 Å². The van der Waals surface area contributed by atoms with Crippen LogP contribution < -0.4 is 5.32 Å². The molecule has 0 saturated heterocycles. The van der Waals surface area contributed by atoms with Gasteiger partial charge in [-0.05, 0) is 31.0 Å². The van der Waals surface area contributed by atoms with Gasteiger partial charge in [-0.15, -0.1) is 0 Å². The van der Waals surface area contributed by atoms with Crippen molar-refractivity contribution in [2.45, 2.75) is 50.5 Å². The molecule has 20 heavy (non-hydrogen) atoms. The number of benzene rings is 1. The van der Waals surface area contributed by atoms with E-state index in [2.05, 4.69) is 48.6 Å². The second-order valence-corrected chi connectivity index (χ2v) is 5.96. The normalized spacial score (nSPS) is 22.4. The fraction of sp³-hybridized carbons (Fsp3) is 0.556. The summed E-state index contributed by atoms with van der Waals surface area (Å²) in [5.41, 5.74) is 1.69. The zero-order valence-electron chi connectivity index (χ0n) is 12.4. The highest BCUT2D eigenvalue weighted by atomic mass is 16.5. The molecule has 1 aliphatic carbocycles. The van der Waals surface area contributed by atoms with E-state index in [1.165, 1.54) is 37.0 Å². The van der Waals surface area contributed by atoms with Crippen LogP contribution in [0.2, 0.25) is 0 Å². The molecule has 108 valence electrons. The SMILES string of the molecule is CCNC(C1=CCCO1)C1(c2ccccc2)CCCC1. The van der Waals surface area contributed by atoms with Crippen molar-refractivity contribution in [1.29, 1.82) is 0 Å². The van der Waals surface area contributed by atoms with Gasteiger partial charge < -0.3 is 10.1 Å². The van der Waals surface area contributed by atoms with Gasteiger partial charge in [0.15, 0.2) is 0 Å². The van der Waals surface area contributed by atoms with E-state index in [-0.39, 0.29) is 5.41 Å². The topological polar surface area (TPSA) is 21.3 Å². The maximum atomic E-state index is 5.93. The molecule has 1 N–H and O–H groups in total. The highest BCUT2D eigenvalue weighted by Gasteiger charge is 2.45. The van der Waals surface area contributed by atoms with E-state index in [0.29, 0.717) is 6.04 Å². The van der Waals surface area contributed by atoms with Gasteiger partial charge in [-0.3, -0.25) is 0 Å². The van der Waals surface area contributed by atoms with Crippen molar-refractivity contribution in [1.82, 2.24) is 5.32 Å². The summed E-state index contributed by atoms with van der Waals surface area (Å²) in [7, 11) is 0. The molecule has 3 rings (SSSR count). The van der Waals surface area contributed by atoms with Gasteiger partial charge in [-0.25, -0.2) is 0 Å². The minimum atomic E-state index is 0.216. The second-order valence-electron chi connectivity index (χ2n) is 5.96. The van der Waals surface area contributed by atoms with Crippen LogP contribution in [-0.4, -0.2) is 19.2 Å². The van der Waals surface area contributed by atoms with Crippen molar-refractivity contribution >= 4 is 0 Å². The largest absolute Gasteiger partial charge is 0.496 e. The van der Waals surface area contributed by atoms with Gasteiger partial charge in [-0.1, -0.05) is 50.1 Å². The van der Waals surface area contributed by atoms with E-state index in [1.54, 1.807) is 0 Å². The van der Waals surface area contributed by atoms with Crippen LogP contribution in [0.4, 0.5) is 0 Å². The van der Waals surface area contributed by atoms with E-state index >= 15 is 0 Å². The Labute approximate surface area is 122 Å². The Morgan fingerprint density at radius 1 is 1.20 bits per heavy atom. The summed E-state index contributed by atoms with van der Waals surface area (Å²) in [6.07, 6.45) is 8.51. The third-order valence-corrected chi connectivity index (χ3v) is 4.82. The fourth-order valence-corrected chi connectivity index (χ4v) is 3.93. The zero-order valence-corrected chi connectivity index (χ0v) is 12.4. The molecule has 0 spiro atoms. The van der Waals surface area contributed by atoms with Gasteiger partial charge in [0, 0.05) is 11.8 Å². The quantitative estimate of drug-likeness (QED) is 0.880. The molecule has 0 radical (unpaired) electrons. The number of hydrogen-bond donors (Lipinski definition) is 1. The highest BCUT2D eigenvalue weighted by Crippen LogP contribution is 2.46. The number of ether oxygens (including phenoxy) is 1. The Hall–Kier alpha value is -1.28. The van der Waals surface area contributed by atoms with Gasteiger partial charge in [0.05, 0.1) is 12.6 Å².